The average Bonchev–Trinajstić information content (AvgIpc) is 2.31. The van der Waals surface area contributed by atoms with Crippen LogP contribution in [0.3, 0.4) is 0 Å². The Labute approximate surface area is 108 Å². The summed E-state index contributed by atoms with van der Waals surface area (Å²) in [5, 5.41) is 0. The number of nitrogens with zero attached hydrogens (tertiary/aromatic N) is 2. The van der Waals surface area contributed by atoms with E-state index >= 15 is 0 Å². The van der Waals surface area contributed by atoms with Crippen LogP contribution in [0.15, 0.2) is 29.0 Å². The van der Waals surface area contributed by atoms with Gasteiger partial charge >= 0.3 is 0 Å². The second-order valence-corrected chi connectivity index (χ2v) is 4.47. The molecule has 0 aliphatic carbocycles. The van der Waals surface area contributed by atoms with Crippen LogP contribution in [0.2, 0.25) is 0 Å². The van der Waals surface area contributed by atoms with Crippen LogP contribution in [0.4, 0.5) is 5.82 Å². The van der Waals surface area contributed by atoms with Crippen molar-refractivity contribution in [3.63, 3.8) is 0 Å². The zero-order valence-electron chi connectivity index (χ0n) is 9.57. The molecule has 0 spiro atoms. The third-order valence-electron chi connectivity index (χ3n) is 2.55. The Morgan fingerprint density at radius 2 is 2.00 bits per heavy atom. The molecule has 88 valence electrons. The van der Waals surface area contributed by atoms with Crippen LogP contribution < -0.4 is 10.5 Å². The number of aryl methyl sites for hydroxylation is 1. The molecular formula is C12H12BrN3O. The number of benzene rings is 1. The highest BCUT2D eigenvalue weighted by Gasteiger charge is 2.10. The summed E-state index contributed by atoms with van der Waals surface area (Å²) in [5.41, 5.74) is 7.91. The number of nitrogens with two attached hydrogens (primary N) is 1. The van der Waals surface area contributed by atoms with Crippen molar-refractivity contribution >= 4 is 21.7 Å². The fourth-order valence-corrected chi connectivity index (χ4v) is 1.66. The van der Waals surface area contributed by atoms with E-state index in [-0.39, 0.29) is 0 Å². The van der Waals surface area contributed by atoms with Crippen molar-refractivity contribution in [2.24, 2.45) is 0 Å². The minimum Gasteiger partial charge on any atom is -0.437 e. The molecule has 17 heavy (non-hydrogen) atoms. The van der Waals surface area contributed by atoms with Crippen LogP contribution in [-0.4, -0.2) is 9.97 Å². The van der Waals surface area contributed by atoms with Gasteiger partial charge in [-0.2, -0.15) is 0 Å². The Morgan fingerprint density at radius 3 is 2.76 bits per heavy atom. The smallest absolute Gasteiger partial charge is 0.238 e. The molecule has 0 aliphatic rings. The summed E-state index contributed by atoms with van der Waals surface area (Å²) in [6.45, 7) is 4.04. The molecule has 0 aliphatic heterocycles. The molecule has 4 nitrogen and oxygen atoms in total. The maximum Gasteiger partial charge on any atom is 0.238 e. The van der Waals surface area contributed by atoms with Crippen LogP contribution in [0.25, 0.3) is 0 Å². The summed E-state index contributed by atoms with van der Waals surface area (Å²) >= 11 is 3.31. The lowest BCUT2D eigenvalue weighted by atomic mass is 10.1. The molecule has 0 radical (unpaired) electrons. The highest BCUT2D eigenvalue weighted by Crippen LogP contribution is 2.32. The molecule has 1 heterocycles. The van der Waals surface area contributed by atoms with Gasteiger partial charge in [0.2, 0.25) is 5.88 Å². The van der Waals surface area contributed by atoms with E-state index in [9.17, 15) is 0 Å². The van der Waals surface area contributed by atoms with E-state index in [1.165, 1.54) is 11.9 Å². The van der Waals surface area contributed by atoms with Gasteiger partial charge in [0.1, 0.15) is 22.4 Å². The molecule has 2 rings (SSSR count). The molecule has 0 saturated carbocycles. The average molecular weight is 294 g/mol. The first-order chi connectivity index (χ1) is 8.09. The number of aromatic nitrogens is 2. The Morgan fingerprint density at radius 1 is 1.24 bits per heavy atom. The minimum atomic E-state index is 0.361. The maximum atomic E-state index is 5.72. The Hall–Kier alpha value is -1.62. The molecule has 1 aromatic carbocycles. The summed E-state index contributed by atoms with van der Waals surface area (Å²) in [4.78, 5) is 7.91. The van der Waals surface area contributed by atoms with Crippen molar-refractivity contribution in [1.29, 1.82) is 0 Å². The monoisotopic (exact) mass is 293 g/mol. The van der Waals surface area contributed by atoms with Crippen LogP contribution in [0, 0.1) is 13.8 Å². The molecule has 0 amide bonds. The predicted molar refractivity (Wildman–Crippen MR) is 70.1 cm³/mol. The van der Waals surface area contributed by atoms with Gasteiger partial charge < -0.3 is 10.5 Å². The first-order valence-corrected chi connectivity index (χ1v) is 5.89. The standard InChI is InChI=1S/C12H12BrN3O/c1-7-4-3-5-9(8(7)2)17-12-10(13)11(14)15-6-16-12/h3-6H,1-2H3,(H2,14,15,16). The lowest BCUT2D eigenvalue weighted by molar-refractivity contribution is 0.455. The van der Waals surface area contributed by atoms with E-state index in [0.717, 1.165) is 11.3 Å². The van der Waals surface area contributed by atoms with Gasteiger partial charge in [-0.15, -0.1) is 0 Å². The number of anilines is 1. The van der Waals surface area contributed by atoms with E-state index in [1.54, 1.807) is 0 Å². The van der Waals surface area contributed by atoms with Crippen molar-refractivity contribution in [2.75, 3.05) is 5.73 Å². The van der Waals surface area contributed by atoms with Crippen LogP contribution in [0.1, 0.15) is 11.1 Å². The molecular weight excluding hydrogens is 282 g/mol. The third-order valence-corrected chi connectivity index (χ3v) is 3.29. The number of halogens is 1. The molecule has 2 N–H and O–H groups in total. The van der Waals surface area contributed by atoms with Gasteiger partial charge in [0.15, 0.2) is 0 Å². The van der Waals surface area contributed by atoms with Crippen LogP contribution >= 0.6 is 15.9 Å². The Balaban J connectivity index is 2.38. The zero-order valence-corrected chi connectivity index (χ0v) is 11.2. The highest BCUT2D eigenvalue weighted by atomic mass is 79.9. The van der Waals surface area contributed by atoms with Gasteiger partial charge in [-0.05, 0) is 47.0 Å². The summed E-state index contributed by atoms with van der Waals surface area (Å²) in [6, 6.07) is 5.87. The quantitative estimate of drug-likeness (QED) is 0.923. The maximum absolute atomic E-state index is 5.72. The molecule has 2 aromatic rings. The molecule has 0 unspecified atom stereocenters. The number of hydrogen-bond donors (Lipinski definition) is 1. The van der Waals surface area contributed by atoms with Crippen molar-refractivity contribution in [2.45, 2.75) is 13.8 Å². The largest absolute Gasteiger partial charge is 0.437 e. The Kier molecular flexibility index (Phi) is 3.28. The molecule has 0 atom stereocenters. The van der Waals surface area contributed by atoms with Crippen molar-refractivity contribution in [1.82, 2.24) is 9.97 Å². The van der Waals surface area contributed by atoms with E-state index < -0.39 is 0 Å². The van der Waals surface area contributed by atoms with E-state index in [0.29, 0.717) is 16.2 Å². The summed E-state index contributed by atoms with van der Waals surface area (Å²) in [5.74, 6) is 1.55. The topological polar surface area (TPSA) is 61.0 Å². The predicted octanol–water partition coefficient (Wildman–Crippen LogP) is 3.23. The van der Waals surface area contributed by atoms with Crippen molar-refractivity contribution in [3.05, 3.63) is 40.1 Å². The lowest BCUT2D eigenvalue weighted by Crippen LogP contribution is -1.98. The summed E-state index contributed by atoms with van der Waals surface area (Å²) in [7, 11) is 0. The Bertz CT molecular complexity index is 508. The van der Waals surface area contributed by atoms with E-state index in [2.05, 4.69) is 25.9 Å². The molecule has 0 bridgehead atoms. The minimum absolute atomic E-state index is 0.361. The van der Waals surface area contributed by atoms with Crippen LogP contribution in [0.5, 0.6) is 11.6 Å². The van der Waals surface area contributed by atoms with Gasteiger partial charge in [0.25, 0.3) is 0 Å². The number of ether oxygens (including phenoxy) is 1. The number of hydrogen-bond acceptors (Lipinski definition) is 4. The summed E-state index contributed by atoms with van der Waals surface area (Å²) in [6.07, 6.45) is 1.38. The molecule has 1 aromatic heterocycles. The molecule has 0 fully saturated rings. The lowest BCUT2D eigenvalue weighted by Gasteiger charge is -2.10. The fourth-order valence-electron chi connectivity index (χ4n) is 1.38. The second-order valence-electron chi connectivity index (χ2n) is 3.68. The van der Waals surface area contributed by atoms with Gasteiger partial charge in [-0.3, -0.25) is 0 Å². The first-order valence-electron chi connectivity index (χ1n) is 5.09. The normalized spacial score (nSPS) is 10.3. The summed E-state index contributed by atoms with van der Waals surface area (Å²) < 4.78 is 6.29. The third kappa shape index (κ3) is 2.39. The van der Waals surface area contributed by atoms with Gasteiger partial charge in [-0.1, -0.05) is 12.1 Å². The van der Waals surface area contributed by atoms with Crippen molar-refractivity contribution < 1.29 is 4.74 Å². The highest BCUT2D eigenvalue weighted by molar-refractivity contribution is 9.10. The van der Waals surface area contributed by atoms with Crippen molar-refractivity contribution in [3.8, 4) is 11.6 Å². The van der Waals surface area contributed by atoms with Gasteiger partial charge in [0.05, 0.1) is 0 Å². The van der Waals surface area contributed by atoms with E-state index in [1.807, 2.05) is 32.0 Å². The molecule has 0 saturated heterocycles. The fraction of sp³-hybridized carbons (Fsp3) is 0.167. The number of nitrogen functional groups attached to an aromatic ring is 1. The number of rotatable bonds is 2. The van der Waals surface area contributed by atoms with Gasteiger partial charge in [0, 0.05) is 0 Å². The van der Waals surface area contributed by atoms with E-state index in [4.69, 9.17) is 10.5 Å². The first kappa shape index (κ1) is 11.9. The molecule has 5 heteroatoms. The van der Waals surface area contributed by atoms with Gasteiger partial charge in [-0.25, -0.2) is 9.97 Å². The SMILES string of the molecule is Cc1cccc(Oc2ncnc(N)c2Br)c1C. The zero-order chi connectivity index (χ0) is 12.4. The van der Waals surface area contributed by atoms with Crippen LogP contribution in [-0.2, 0) is 0 Å². The second kappa shape index (κ2) is 4.71.